The van der Waals surface area contributed by atoms with Crippen LogP contribution in [0.5, 0.6) is 0 Å². The van der Waals surface area contributed by atoms with E-state index in [1.807, 2.05) is 24.3 Å². The van der Waals surface area contributed by atoms with Gasteiger partial charge >= 0.3 is 10.4 Å². The number of aliphatic hydroxyl groups excluding tert-OH is 1. The van der Waals surface area contributed by atoms with Gasteiger partial charge in [0.25, 0.3) is 0 Å². The first-order chi connectivity index (χ1) is 7.34. The Hall–Kier alpha value is -1.35. The van der Waals surface area contributed by atoms with Crippen molar-refractivity contribution in [2.45, 2.75) is 0 Å². The Morgan fingerprint density at radius 2 is 1.75 bits per heavy atom. The van der Waals surface area contributed by atoms with E-state index >= 15 is 0 Å². The molecule has 0 fully saturated rings. The first kappa shape index (κ1) is 14.6. The fourth-order valence-electron chi connectivity index (χ4n) is 0.849. The second-order valence-electron chi connectivity index (χ2n) is 2.69. The maximum Gasteiger partial charge on any atom is 0.394 e. The van der Waals surface area contributed by atoms with E-state index in [4.69, 9.17) is 28.4 Å². The van der Waals surface area contributed by atoms with Crippen molar-refractivity contribution in [3.05, 3.63) is 24.3 Å². The van der Waals surface area contributed by atoms with Gasteiger partial charge in [0.2, 0.25) is 0 Å². The van der Waals surface area contributed by atoms with Gasteiger partial charge in [0, 0.05) is 6.54 Å². The summed E-state index contributed by atoms with van der Waals surface area (Å²) in [5.74, 6) is 0. The number of nitrogens with one attached hydrogen (secondary N) is 1. The SMILES string of the molecule is Nc1ccccc1NCCO.O=S(=O)(O)O. The predicted molar refractivity (Wildman–Crippen MR) is 60.6 cm³/mol. The van der Waals surface area contributed by atoms with Gasteiger partial charge in [-0.25, -0.2) is 0 Å². The summed E-state index contributed by atoms with van der Waals surface area (Å²) in [6.45, 7) is 0.655. The average molecular weight is 250 g/mol. The van der Waals surface area contributed by atoms with Crippen molar-refractivity contribution in [2.75, 3.05) is 24.2 Å². The van der Waals surface area contributed by atoms with Crippen molar-refractivity contribution in [1.29, 1.82) is 0 Å². The first-order valence-electron chi connectivity index (χ1n) is 4.23. The van der Waals surface area contributed by atoms with E-state index in [1.165, 1.54) is 0 Å². The summed E-state index contributed by atoms with van der Waals surface area (Å²) < 4.78 is 31.6. The van der Waals surface area contributed by atoms with Crippen molar-refractivity contribution in [2.24, 2.45) is 0 Å². The standard InChI is InChI=1S/C8H12N2O.H2O4S/c9-7-3-1-2-4-8(7)10-5-6-11;1-5(2,3)4/h1-4,10-11H,5-6,9H2;(H2,1,2,3,4). The number of nitrogens with two attached hydrogens (primary N) is 1. The molecule has 0 saturated carbocycles. The number of para-hydroxylation sites is 2. The van der Waals surface area contributed by atoms with E-state index < -0.39 is 10.4 Å². The molecule has 0 spiro atoms. The molecule has 0 aliphatic carbocycles. The molecule has 0 aromatic heterocycles. The fourth-order valence-corrected chi connectivity index (χ4v) is 0.849. The fraction of sp³-hybridized carbons (Fsp3) is 0.250. The zero-order valence-electron chi connectivity index (χ0n) is 8.37. The van der Waals surface area contributed by atoms with Crippen LogP contribution < -0.4 is 11.1 Å². The highest BCUT2D eigenvalue weighted by Gasteiger charge is 1.93. The minimum Gasteiger partial charge on any atom is -0.397 e. The van der Waals surface area contributed by atoms with E-state index in [0.717, 1.165) is 5.69 Å². The normalized spacial score (nSPS) is 10.2. The van der Waals surface area contributed by atoms with Gasteiger partial charge in [0.1, 0.15) is 0 Å². The molecule has 6 N–H and O–H groups in total. The molecule has 0 saturated heterocycles. The molecule has 8 heteroatoms. The Kier molecular flexibility index (Phi) is 6.42. The summed E-state index contributed by atoms with van der Waals surface area (Å²) in [5.41, 5.74) is 7.20. The largest absolute Gasteiger partial charge is 0.397 e. The molecule has 16 heavy (non-hydrogen) atoms. The van der Waals surface area contributed by atoms with Crippen molar-refractivity contribution < 1.29 is 22.6 Å². The molecule has 0 amide bonds. The van der Waals surface area contributed by atoms with Gasteiger partial charge in [-0.1, -0.05) is 12.1 Å². The lowest BCUT2D eigenvalue weighted by atomic mass is 10.3. The lowest BCUT2D eigenvalue weighted by Gasteiger charge is -2.06. The minimum atomic E-state index is -4.67. The molecule has 1 aromatic carbocycles. The lowest BCUT2D eigenvalue weighted by molar-refractivity contribution is 0.311. The predicted octanol–water partition coefficient (Wildman–Crippen LogP) is 0.0202. The molecule has 0 bridgehead atoms. The summed E-state index contributed by atoms with van der Waals surface area (Å²) in [6, 6.07) is 7.47. The van der Waals surface area contributed by atoms with Crippen LogP contribution in [0.1, 0.15) is 0 Å². The van der Waals surface area contributed by atoms with Gasteiger partial charge in [-0.3, -0.25) is 9.11 Å². The third kappa shape index (κ3) is 9.21. The Morgan fingerprint density at radius 1 is 1.25 bits per heavy atom. The van der Waals surface area contributed by atoms with Gasteiger partial charge in [-0.15, -0.1) is 0 Å². The molecular weight excluding hydrogens is 236 g/mol. The van der Waals surface area contributed by atoms with Crippen molar-refractivity contribution in [3.63, 3.8) is 0 Å². The highest BCUT2D eigenvalue weighted by molar-refractivity contribution is 7.79. The zero-order valence-corrected chi connectivity index (χ0v) is 9.18. The van der Waals surface area contributed by atoms with Crippen LogP contribution in [0.3, 0.4) is 0 Å². The summed E-state index contributed by atoms with van der Waals surface area (Å²) in [4.78, 5) is 0. The van der Waals surface area contributed by atoms with Crippen LogP contribution in [0.15, 0.2) is 24.3 Å². The first-order valence-corrected chi connectivity index (χ1v) is 5.63. The van der Waals surface area contributed by atoms with E-state index in [9.17, 15) is 0 Å². The molecular formula is C8H14N2O5S. The summed E-state index contributed by atoms with van der Waals surface area (Å²) in [5, 5.41) is 11.5. The number of nitrogen functional groups attached to an aromatic ring is 1. The van der Waals surface area contributed by atoms with Crippen LogP contribution in [0.25, 0.3) is 0 Å². The number of hydrogen-bond acceptors (Lipinski definition) is 5. The van der Waals surface area contributed by atoms with Gasteiger partial charge in [-0.05, 0) is 12.1 Å². The lowest BCUT2D eigenvalue weighted by Crippen LogP contribution is -2.06. The second-order valence-corrected chi connectivity index (χ2v) is 3.58. The zero-order chi connectivity index (χ0) is 12.6. The third-order valence-electron chi connectivity index (χ3n) is 1.39. The van der Waals surface area contributed by atoms with Gasteiger partial charge in [0.15, 0.2) is 0 Å². The van der Waals surface area contributed by atoms with Crippen molar-refractivity contribution >= 4 is 21.8 Å². The Bertz CT molecular complexity index is 399. The molecule has 92 valence electrons. The number of aliphatic hydroxyl groups is 1. The van der Waals surface area contributed by atoms with Gasteiger partial charge in [-0.2, -0.15) is 8.42 Å². The summed E-state index contributed by atoms with van der Waals surface area (Å²) in [7, 11) is -4.67. The number of benzene rings is 1. The van der Waals surface area contributed by atoms with Crippen LogP contribution >= 0.6 is 0 Å². The van der Waals surface area contributed by atoms with Gasteiger partial charge < -0.3 is 16.2 Å². The molecule has 0 unspecified atom stereocenters. The average Bonchev–Trinajstić information content (AvgIpc) is 2.14. The van der Waals surface area contributed by atoms with Crippen molar-refractivity contribution in [3.8, 4) is 0 Å². The molecule has 0 aliphatic heterocycles. The molecule has 1 aromatic rings. The molecule has 1 rings (SSSR count). The van der Waals surface area contributed by atoms with Crippen LogP contribution in [-0.4, -0.2) is 35.8 Å². The Labute approximate surface area is 93.5 Å². The highest BCUT2D eigenvalue weighted by Crippen LogP contribution is 2.15. The van der Waals surface area contributed by atoms with Crippen molar-refractivity contribution in [1.82, 2.24) is 0 Å². The highest BCUT2D eigenvalue weighted by atomic mass is 32.3. The van der Waals surface area contributed by atoms with E-state index in [0.29, 0.717) is 12.2 Å². The summed E-state index contributed by atoms with van der Waals surface area (Å²) in [6.07, 6.45) is 0. The van der Waals surface area contributed by atoms with E-state index in [2.05, 4.69) is 5.32 Å². The smallest absolute Gasteiger partial charge is 0.394 e. The van der Waals surface area contributed by atoms with E-state index in [1.54, 1.807) is 0 Å². The van der Waals surface area contributed by atoms with Crippen LogP contribution in [0, 0.1) is 0 Å². The Balaban J connectivity index is 0.000000385. The summed E-state index contributed by atoms with van der Waals surface area (Å²) >= 11 is 0. The molecule has 0 aliphatic rings. The van der Waals surface area contributed by atoms with Crippen LogP contribution in [0.2, 0.25) is 0 Å². The third-order valence-corrected chi connectivity index (χ3v) is 1.39. The topological polar surface area (TPSA) is 133 Å². The van der Waals surface area contributed by atoms with E-state index in [-0.39, 0.29) is 6.61 Å². The quantitative estimate of drug-likeness (QED) is 0.377. The molecule has 0 heterocycles. The van der Waals surface area contributed by atoms with Crippen LogP contribution in [-0.2, 0) is 10.4 Å². The number of anilines is 2. The minimum absolute atomic E-state index is 0.119. The maximum absolute atomic E-state index is 8.74. The molecule has 0 radical (unpaired) electrons. The molecule has 0 atom stereocenters. The Morgan fingerprint density at radius 3 is 2.19 bits per heavy atom. The second kappa shape index (κ2) is 7.01. The monoisotopic (exact) mass is 250 g/mol. The number of hydrogen-bond donors (Lipinski definition) is 5. The number of rotatable bonds is 3. The maximum atomic E-state index is 8.74. The molecule has 7 nitrogen and oxygen atoms in total. The van der Waals surface area contributed by atoms with Gasteiger partial charge in [0.05, 0.1) is 18.0 Å². The van der Waals surface area contributed by atoms with Crippen LogP contribution in [0.4, 0.5) is 11.4 Å².